The third-order valence-electron chi connectivity index (χ3n) is 4.52. The molecule has 0 saturated heterocycles. The van der Waals surface area contributed by atoms with Gasteiger partial charge in [0.1, 0.15) is 0 Å². The summed E-state index contributed by atoms with van der Waals surface area (Å²) in [6.45, 7) is 0.453. The Bertz CT molecular complexity index is 1210. The molecule has 3 aromatic rings. The number of hydrogen-bond donors (Lipinski definition) is 1. The van der Waals surface area contributed by atoms with Crippen LogP contribution in [0, 0.1) is 11.3 Å². The summed E-state index contributed by atoms with van der Waals surface area (Å²) < 4.78 is 11.3. The van der Waals surface area contributed by atoms with Crippen molar-refractivity contribution >= 4 is 46.3 Å². The minimum absolute atomic E-state index is 0.00105. The second-order valence-corrected chi connectivity index (χ2v) is 7.47. The van der Waals surface area contributed by atoms with Gasteiger partial charge in [-0.05, 0) is 30.3 Å². The zero-order chi connectivity index (χ0) is 23.1. The number of amides is 1. The number of imidazole rings is 1. The van der Waals surface area contributed by atoms with Gasteiger partial charge in [-0.15, -0.1) is 0 Å². The molecular weight excluding hydrogens is 432 g/mol. The van der Waals surface area contributed by atoms with Crippen LogP contribution >= 0.6 is 11.8 Å². The highest BCUT2D eigenvalue weighted by Crippen LogP contribution is 2.25. The van der Waals surface area contributed by atoms with Crippen LogP contribution in [0.1, 0.15) is 27.1 Å². The van der Waals surface area contributed by atoms with E-state index in [0.717, 1.165) is 11.0 Å². The summed E-state index contributed by atoms with van der Waals surface area (Å²) in [6.07, 6.45) is 0.308. The van der Waals surface area contributed by atoms with Crippen molar-refractivity contribution in [2.45, 2.75) is 18.1 Å². The van der Waals surface area contributed by atoms with Crippen molar-refractivity contribution in [3.05, 3.63) is 53.6 Å². The van der Waals surface area contributed by atoms with E-state index in [1.165, 1.54) is 44.2 Å². The predicted octanol–water partition coefficient (Wildman–Crippen LogP) is 3.25. The molecule has 0 aliphatic carbocycles. The van der Waals surface area contributed by atoms with E-state index in [1.807, 2.05) is 28.8 Å². The molecule has 10 heteroatoms. The topological polar surface area (TPSA) is 123 Å². The third-order valence-corrected chi connectivity index (χ3v) is 5.50. The van der Waals surface area contributed by atoms with E-state index in [2.05, 4.69) is 16.4 Å². The van der Waals surface area contributed by atoms with Crippen molar-refractivity contribution in [2.75, 3.05) is 25.3 Å². The maximum atomic E-state index is 12.7. The molecule has 1 N–H and O–H groups in total. The smallest absolute Gasteiger partial charge is 0.339 e. The average Bonchev–Trinajstić information content (AvgIpc) is 3.17. The van der Waals surface area contributed by atoms with Crippen molar-refractivity contribution in [3.8, 4) is 6.07 Å². The monoisotopic (exact) mass is 452 g/mol. The van der Waals surface area contributed by atoms with Gasteiger partial charge in [0.2, 0.25) is 5.91 Å². The van der Waals surface area contributed by atoms with Gasteiger partial charge in [-0.3, -0.25) is 4.79 Å². The first-order valence-electron chi connectivity index (χ1n) is 9.54. The number of aryl methyl sites for hydroxylation is 1. The molecule has 3 rings (SSSR count). The minimum Gasteiger partial charge on any atom is -0.465 e. The molecule has 164 valence electrons. The number of anilines is 1. The number of ether oxygens (including phenoxy) is 2. The maximum absolute atomic E-state index is 12.7. The molecule has 0 unspecified atom stereocenters. The Morgan fingerprint density at radius 1 is 1.12 bits per heavy atom. The predicted molar refractivity (Wildman–Crippen MR) is 118 cm³/mol. The maximum Gasteiger partial charge on any atom is 0.339 e. The zero-order valence-electron chi connectivity index (χ0n) is 17.5. The molecule has 0 bridgehead atoms. The van der Waals surface area contributed by atoms with Gasteiger partial charge < -0.3 is 19.4 Å². The second kappa shape index (κ2) is 10.5. The first-order chi connectivity index (χ1) is 15.5. The lowest BCUT2D eigenvalue weighted by Gasteiger charge is -2.11. The average molecular weight is 452 g/mol. The summed E-state index contributed by atoms with van der Waals surface area (Å²) in [6, 6.07) is 13.8. The van der Waals surface area contributed by atoms with Crippen LogP contribution in [0.4, 0.5) is 5.69 Å². The van der Waals surface area contributed by atoms with Gasteiger partial charge in [0.05, 0.1) is 60.3 Å². The number of hydrogen-bond acceptors (Lipinski definition) is 8. The lowest BCUT2D eigenvalue weighted by molar-refractivity contribution is -0.113. The van der Waals surface area contributed by atoms with E-state index in [9.17, 15) is 14.4 Å². The molecule has 0 saturated carbocycles. The highest BCUT2D eigenvalue weighted by Gasteiger charge is 2.18. The van der Waals surface area contributed by atoms with Gasteiger partial charge in [-0.25, -0.2) is 14.6 Å². The van der Waals surface area contributed by atoms with Crippen molar-refractivity contribution in [1.29, 1.82) is 5.26 Å². The first kappa shape index (κ1) is 22.8. The number of aromatic nitrogens is 2. The number of nitrogens with one attached hydrogen (secondary N) is 1. The molecule has 9 nitrogen and oxygen atoms in total. The van der Waals surface area contributed by atoms with Crippen molar-refractivity contribution in [1.82, 2.24) is 9.55 Å². The number of carbonyl (C=O) groups is 3. The summed E-state index contributed by atoms with van der Waals surface area (Å²) >= 11 is 1.21. The summed E-state index contributed by atoms with van der Waals surface area (Å²) in [5, 5.41) is 12.2. The Hall–Kier alpha value is -3.84. The van der Waals surface area contributed by atoms with Gasteiger partial charge in [0.25, 0.3) is 0 Å². The molecule has 0 atom stereocenters. The molecule has 1 heterocycles. The van der Waals surface area contributed by atoms with Gasteiger partial charge in [0.15, 0.2) is 5.16 Å². The highest BCUT2D eigenvalue weighted by molar-refractivity contribution is 7.99. The minimum atomic E-state index is -0.650. The molecule has 32 heavy (non-hydrogen) atoms. The molecular formula is C22H20N4O5S. The van der Waals surface area contributed by atoms with Crippen LogP contribution in [-0.2, 0) is 20.8 Å². The van der Waals surface area contributed by atoms with Crippen LogP contribution in [0.15, 0.2) is 47.6 Å². The van der Waals surface area contributed by atoms with E-state index in [1.54, 1.807) is 0 Å². The molecule has 1 amide bonds. The standard InChI is InChI=1S/C22H20N4O5S/c1-30-20(28)14-8-9-15(21(29)31-2)17(12-14)24-19(27)13-32-22-25-16-6-3-4-7-18(16)26(22)11-5-10-23/h3-4,6-9,12H,5,11,13H2,1-2H3,(H,24,27). The van der Waals surface area contributed by atoms with Gasteiger partial charge in [-0.2, -0.15) is 5.26 Å². The molecule has 0 aliphatic rings. The molecule has 0 spiro atoms. The molecule has 1 aromatic heterocycles. The molecule has 0 aliphatic heterocycles. The van der Waals surface area contributed by atoms with E-state index < -0.39 is 17.8 Å². The Balaban J connectivity index is 1.80. The van der Waals surface area contributed by atoms with Crippen LogP contribution in [-0.4, -0.2) is 47.4 Å². The fraction of sp³-hybridized carbons (Fsp3) is 0.227. The van der Waals surface area contributed by atoms with Gasteiger partial charge in [0, 0.05) is 6.54 Å². The van der Waals surface area contributed by atoms with Gasteiger partial charge in [-0.1, -0.05) is 23.9 Å². The SMILES string of the molecule is COC(=O)c1ccc(C(=O)OC)c(NC(=O)CSc2nc3ccccc3n2CCC#N)c1. The fourth-order valence-electron chi connectivity index (χ4n) is 3.04. The highest BCUT2D eigenvalue weighted by atomic mass is 32.2. The Morgan fingerprint density at radius 2 is 1.88 bits per heavy atom. The number of thioether (sulfide) groups is 1. The summed E-state index contributed by atoms with van der Waals surface area (Å²) in [5.74, 6) is -1.65. The van der Waals surface area contributed by atoms with E-state index in [4.69, 9.17) is 14.7 Å². The largest absolute Gasteiger partial charge is 0.465 e. The Morgan fingerprint density at radius 3 is 2.59 bits per heavy atom. The third kappa shape index (κ3) is 5.07. The van der Waals surface area contributed by atoms with Crippen LogP contribution < -0.4 is 5.32 Å². The lowest BCUT2D eigenvalue weighted by atomic mass is 10.1. The molecule has 0 radical (unpaired) electrons. The van der Waals surface area contributed by atoms with Gasteiger partial charge >= 0.3 is 11.9 Å². The van der Waals surface area contributed by atoms with E-state index in [0.29, 0.717) is 18.1 Å². The number of methoxy groups -OCH3 is 2. The van der Waals surface area contributed by atoms with E-state index in [-0.39, 0.29) is 22.6 Å². The Kier molecular flexibility index (Phi) is 7.46. The van der Waals surface area contributed by atoms with E-state index >= 15 is 0 Å². The summed E-state index contributed by atoms with van der Waals surface area (Å²) in [7, 11) is 2.47. The van der Waals surface area contributed by atoms with Crippen molar-refractivity contribution < 1.29 is 23.9 Å². The zero-order valence-corrected chi connectivity index (χ0v) is 18.3. The number of nitriles is 1. The number of benzene rings is 2. The number of fused-ring (bicyclic) bond motifs is 1. The van der Waals surface area contributed by atoms with Crippen molar-refractivity contribution in [2.24, 2.45) is 0 Å². The second-order valence-electron chi connectivity index (χ2n) is 6.52. The lowest BCUT2D eigenvalue weighted by Crippen LogP contribution is -2.18. The number of nitrogens with zero attached hydrogens (tertiary/aromatic N) is 3. The van der Waals surface area contributed by atoms with Crippen LogP contribution in [0.25, 0.3) is 11.0 Å². The Labute approximate surface area is 188 Å². The van der Waals surface area contributed by atoms with Crippen LogP contribution in [0.3, 0.4) is 0 Å². The number of carbonyl (C=O) groups excluding carboxylic acids is 3. The number of esters is 2. The molecule has 2 aromatic carbocycles. The number of rotatable bonds is 8. The molecule has 0 fully saturated rings. The quantitative estimate of drug-likeness (QED) is 0.408. The summed E-state index contributed by atoms with van der Waals surface area (Å²) in [5.41, 5.74) is 2.08. The summed E-state index contributed by atoms with van der Waals surface area (Å²) in [4.78, 5) is 41.1. The fourth-order valence-corrected chi connectivity index (χ4v) is 3.88. The number of para-hydroxylation sites is 2. The van der Waals surface area contributed by atoms with Crippen molar-refractivity contribution in [3.63, 3.8) is 0 Å². The van der Waals surface area contributed by atoms with Crippen LogP contribution in [0.5, 0.6) is 0 Å². The normalized spacial score (nSPS) is 10.4. The van der Waals surface area contributed by atoms with Crippen LogP contribution in [0.2, 0.25) is 0 Å². The first-order valence-corrected chi connectivity index (χ1v) is 10.5.